The van der Waals surface area contributed by atoms with Crippen molar-refractivity contribution in [2.45, 2.75) is 0 Å². The lowest BCUT2D eigenvalue weighted by Crippen LogP contribution is -1.82. The van der Waals surface area contributed by atoms with Crippen LogP contribution in [0.5, 0.6) is 5.75 Å². The lowest BCUT2D eigenvalue weighted by atomic mass is 10.0. The first-order valence-electron chi connectivity index (χ1n) is 6.25. The number of rotatable bonds is 1. The fourth-order valence-corrected chi connectivity index (χ4v) is 3.78. The van der Waals surface area contributed by atoms with E-state index in [4.69, 9.17) is 4.74 Å². The van der Waals surface area contributed by atoms with Gasteiger partial charge in [-0.15, -0.1) is 11.3 Å². The van der Waals surface area contributed by atoms with Gasteiger partial charge in [-0.1, -0.05) is 30.3 Å². The fourth-order valence-electron chi connectivity index (χ4n) is 2.66. The molecule has 0 fully saturated rings. The summed E-state index contributed by atoms with van der Waals surface area (Å²) in [6.07, 6.45) is 0. The molecular weight excluding hydrogens is 252 g/mol. The van der Waals surface area contributed by atoms with Crippen molar-refractivity contribution in [1.29, 1.82) is 0 Å². The Kier molecular flexibility index (Phi) is 2.26. The molecule has 0 N–H and O–H groups in total. The van der Waals surface area contributed by atoms with Crippen molar-refractivity contribution in [3.8, 4) is 5.75 Å². The molecule has 0 aliphatic carbocycles. The molecular formula is C17H12OS. The molecule has 19 heavy (non-hydrogen) atoms. The molecule has 4 rings (SSSR count). The maximum absolute atomic E-state index is 5.31. The highest BCUT2D eigenvalue weighted by molar-refractivity contribution is 7.26. The van der Waals surface area contributed by atoms with E-state index in [1.807, 2.05) is 17.4 Å². The fraction of sp³-hybridized carbons (Fsp3) is 0.0588. The van der Waals surface area contributed by atoms with Gasteiger partial charge < -0.3 is 4.74 Å². The van der Waals surface area contributed by atoms with E-state index in [2.05, 4.69) is 48.5 Å². The molecule has 1 aromatic heterocycles. The van der Waals surface area contributed by atoms with Crippen molar-refractivity contribution in [3.63, 3.8) is 0 Å². The van der Waals surface area contributed by atoms with Gasteiger partial charge in [0.05, 0.1) is 7.11 Å². The smallest absolute Gasteiger partial charge is 0.119 e. The van der Waals surface area contributed by atoms with Crippen molar-refractivity contribution in [2.24, 2.45) is 0 Å². The Labute approximate surface area is 115 Å². The van der Waals surface area contributed by atoms with Crippen LogP contribution in [0.2, 0.25) is 0 Å². The van der Waals surface area contributed by atoms with Gasteiger partial charge in [-0.05, 0) is 35.0 Å². The van der Waals surface area contributed by atoms with Crippen LogP contribution in [0.3, 0.4) is 0 Å². The number of hydrogen-bond donors (Lipinski definition) is 0. The third-order valence-corrected chi connectivity index (χ3v) is 4.70. The van der Waals surface area contributed by atoms with Crippen LogP contribution in [0.25, 0.3) is 30.9 Å². The third kappa shape index (κ3) is 1.53. The van der Waals surface area contributed by atoms with Crippen molar-refractivity contribution in [3.05, 3.63) is 54.6 Å². The maximum atomic E-state index is 5.31. The zero-order valence-corrected chi connectivity index (χ0v) is 11.3. The zero-order chi connectivity index (χ0) is 12.8. The molecule has 1 heterocycles. The number of hydrogen-bond acceptors (Lipinski definition) is 2. The topological polar surface area (TPSA) is 9.23 Å². The monoisotopic (exact) mass is 264 g/mol. The molecule has 92 valence electrons. The van der Waals surface area contributed by atoms with Crippen LogP contribution in [0.15, 0.2) is 54.6 Å². The second-order valence-electron chi connectivity index (χ2n) is 4.62. The number of fused-ring (bicyclic) bond motifs is 5. The summed E-state index contributed by atoms with van der Waals surface area (Å²) in [5.74, 6) is 0.909. The average molecular weight is 264 g/mol. The van der Waals surface area contributed by atoms with Crippen molar-refractivity contribution >= 4 is 42.3 Å². The van der Waals surface area contributed by atoms with Gasteiger partial charge in [0.25, 0.3) is 0 Å². The first kappa shape index (κ1) is 10.8. The number of ether oxygens (including phenoxy) is 1. The summed E-state index contributed by atoms with van der Waals surface area (Å²) in [7, 11) is 1.71. The second-order valence-corrected chi connectivity index (χ2v) is 5.71. The van der Waals surface area contributed by atoms with Gasteiger partial charge in [0, 0.05) is 20.2 Å². The average Bonchev–Trinajstić information content (AvgIpc) is 2.85. The molecule has 0 atom stereocenters. The minimum atomic E-state index is 0.909. The van der Waals surface area contributed by atoms with Gasteiger partial charge in [-0.2, -0.15) is 0 Å². The Balaban J connectivity index is 2.23. The van der Waals surface area contributed by atoms with E-state index in [1.165, 1.54) is 30.9 Å². The molecule has 0 amide bonds. The lowest BCUT2D eigenvalue weighted by Gasteiger charge is -2.04. The summed E-state index contributed by atoms with van der Waals surface area (Å²) in [5, 5.41) is 5.24. The number of methoxy groups -OCH3 is 1. The molecule has 1 nitrogen and oxygen atoms in total. The Morgan fingerprint density at radius 1 is 0.842 bits per heavy atom. The van der Waals surface area contributed by atoms with E-state index < -0.39 is 0 Å². The largest absolute Gasteiger partial charge is 0.497 e. The zero-order valence-electron chi connectivity index (χ0n) is 10.5. The molecule has 0 bridgehead atoms. The minimum Gasteiger partial charge on any atom is -0.497 e. The molecule has 0 radical (unpaired) electrons. The third-order valence-electron chi connectivity index (χ3n) is 3.57. The van der Waals surface area contributed by atoms with Crippen LogP contribution in [0.1, 0.15) is 0 Å². The Morgan fingerprint density at radius 3 is 2.63 bits per heavy atom. The molecule has 3 aromatic carbocycles. The van der Waals surface area contributed by atoms with Gasteiger partial charge in [0.2, 0.25) is 0 Å². The summed E-state index contributed by atoms with van der Waals surface area (Å²) < 4.78 is 8.00. The van der Waals surface area contributed by atoms with Crippen LogP contribution < -0.4 is 4.74 Å². The van der Waals surface area contributed by atoms with Gasteiger partial charge in [-0.3, -0.25) is 0 Å². The summed E-state index contributed by atoms with van der Waals surface area (Å²) in [6.45, 7) is 0. The number of thiophene rings is 1. The Morgan fingerprint density at radius 2 is 1.74 bits per heavy atom. The first-order chi connectivity index (χ1) is 9.36. The van der Waals surface area contributed by atoms with Crippen LogP contribution in [0.4, 0.5) is 0 Å². The van der Waals surface area contributed by atoms with E-state index >= 15 is 0 Å². The van der Waals surface area contributed by atoms with Crippen LogP contribution >= 0.6 is 11.3 Å². The molecule has 0 saturated heterocycles. The van der Waals surface area contributed by atoms with Gasteiger partial charge in [0.1, 0.15) is 5.75 Å². The lowest BCUT2D eigenvalue weighted by molar-refractivity contribution is 0.415. The van der Waals surface area contributed by atoms with E-state index in [-0.39, 0.29) is 0 Å². The normalized spacial score (nSPS) is 11.4. The standard InChI is InChI=1S/C17H12OS/c1-18-12-7-8-13-11(10-12)6-9-16-17(13)14-4-2-3-5-15(14)19-16/h2-10H,1H3. The second kappa shape index (κ2) is 3.97. The maximum Gasteiger partial charge on any atom is 0.119 e. The highest BCUT2D eigenvalue weighted by atomic mass is 32.1. The van der Waals surface area contributed by atoms with Crippen LogP contribution in [0, 0.1) is 0 Å². The van der Waals surface area contributed by atoms with Crippen LogP contribution in [-0.2, 0) is 0 Å². The molecule has 0 saturated carbocycles. The van der Waals surface area contributed by atoms with E-state index in [0.717, 1.165) is 5.75 Å². The quantitative estimate of drug-likeness (QED) is 0.458. The minimum absolute atomic E-state index is 0.909. The summed E-state index contributed by atoms with van der Waals surface area (Å²) in [6, 6.07) is 19.3. The van der Waals surface area contributed by atoms with E-state index in [1.54, 1.807) is 7.11 Å². The summed E-state index contributed by atoms with van der Waals surface area (Å²) in [4.78, 5) is 0. The van der Waals surface area contributed by atoms with E-state index in [0.29, 0.717) is 0 Å². The van der Waals surface area contributed by atoms with Gasteiger partial charge in [-0.25, -0.2) is 0 Å². The van der Waals surface area contributed by atoms with Gasteiger partial charge in [0.15, 0.2) is 0 Å². The highest BCUT2D eigenvalue weighted by Gasteiger charge is 2.08. The highest BCUT2D eigenvalue weighted by Crippen LogP contribution is 2.38. The molecule has 0 aliphatic rings. The first-order valence-corrected chi connectivity index (χ1v) is 7.06. The Bertz CT molecular complexity index is 905. The summed E-state index contributed by atoms with van der Waals surface area (Å²) >= 11 is 1.86. The SMILES string of the molecule is COc1ccc2c(ccc3sc4ccccc4c32)c1. The predicted molar refractivity (Wildman–Crippen MR) is 83.4 cm³/mol. The van der Waals surface area contributed by atoms with Crippen LogP contribution in [-0.4, -0.2) is 7.11 Å². The molecule has 2 heteroatoms. The molecule has 0 unspecified atom stereocenters. The number of benzene rings is 3. The van der Waals surface area contributed by atoms with E-state index in [9.17, 15) is 0 Å². The molecule has 4 aromatic rings. The summed E-state index contributed by atoms with van der Waals surface area (Å²) in [5.41, 5.74) is 0. The molecule has 0 spiro atoms. The van der Waals surface area contributed by atoms with Gasteiger partial charge >= 0.3 is 0 Å². The van der Waals surface area contributed by atoms with Crippen molar-refractivity contribution in [1.82, 2.24) is 0 Å². The molecule has 0 aliphatic heterocycles. The predicted octanol–water partition coefficient (Wildman–Crippen LogP) is 5.22. The Hall–Kier alpha value is -2.06. The van der Waals surface area contributed by atoms with Crippen molar-refractivity contribution in [2.75, 3.05) is 7.11 Å². The van der Waals surface area contributed by atoms with Crippen molar-refractivity contribution < 1.29 is 4.74 Å².